The summed E-state index contributed by atoms with van der Waals surface area (Å²) in [5.74, 6) is -0.650. The van der Waals surface area contributed by atoms with E-state index in [0.717, 1.165) is 0 Å². The minimum absolute atomic E-state index is 0.0165. The lowest BCUT2D eigenvalue weighted by molar-refractivity contribution is -0.384. The Balaban J connectivity index is 2.23. The molecule has 2 N–H and O–H groups in total. The molecule has 3 aromatic carbocycles. The first-order chi connectivity index (χ1) is 12.4. The summed E-state index contributed by atoms with van der Waals surface area (Å²) in [7, 11) is 0. The summed E-state index contributed by atoms with van der Waals surface area (Å²) >= 11 is 12.2. The molecule has 5 nitrogen and oxygen atoms in total. The minimum atomic E-state index is -0.617. The average molecular weight is 390 g/mol. The lowest BCUT2D eigenvalue weighted by atomic mass is 9.84. The lowest BCUT2D eigenvalue weighted by Crippen LogP contribution is -2.05. The first kappa shape index (κ1) is 18.0. The van der Waals surface area contributed by atoms with Gasteiger partial charge in [-0.05, 0) is 42.0 Å². The molecule has 0 radical (unpaired) electrons. The molecule has 0 saturated heterocycles. The van der Waals surface area contributed by atoms with Crippen LogP contribution in [0.2, 0.25) is 10.0 Å². The maximum Gasteiger partial charge on any atom is 0.269 e. The molecule has 0 aromatic heterocycles. The summed E-state index contributed by atoms with van der Waals surface area (Å²) in [6.45, 7) is 0. The van der Waals surface area contributed by atoms with E-state index in [1.165, 1.54) is 24.3 Å². The number of aromatic hydroxyl groups is 2. The number of nitro groups is 1. The van der Waals surface area contributed by atoms with E-state index in [4.69, 9.17) is 23.2 Å². The molecule has 0 saturated carbocycles. The van der Waals surface area contributed by atoms with Crippen LogP contribution in [0.1, 0.15) is 22.6 Å². The van der Waals surface area contributed by atoms with Crippen molar-refractivity contribution >= 4 is 28.9 Å². The zero-order chi connectivity index (χ0) is 18.8. The van der Waals surface area contributed by atoms with Crippen LogP contribution in [-0.2, 0) is 0 Å². The first-order valence-electron chi connectivity index (χ1n) is 7.58. The van der Waals surface area contributed by atoms with Crippen molar-refractivity contribution in [2.75, 3.05) is 0 Å². The predicted molar refractivity (Wildman–Crippen MR) is 100 cm³/mol. The summed E-state index contributed by atoms with van der Waals surface area (Å²) in [4.78, 5) is 10.4. The molecule has 0 aliphatic heterocycles. The van der Waals surface area contributed by atoms with Gasteiger partial charge in [-0.2, -0.15) is 0 Å². The Morgan fingerprint density at radius 1 is 0.808 bits per heavy atom. The molecule has 0 heterocycles. The molecule has 26 heavy (non-hydrogen) atoms. The van der Waals surface area contributed by atoms with E-state index in [2.05, 4.69) is 0 Å². The zero-order valence-electron chi connectivity index (χ0n) is 13.3. The summed E-state index contributed by atoms with van der Waals surface area (Å²) in [5.41, 5.74) is 1.47. The number of hydrogen-bond acceptors (Lipinski definition) is 4. The van der Waals surface area contributed by atoms with Gasteiger partial charge in [0, 0.05) is 39.2 Å². The number of phenolic OH excluding ortho intramolecular Hbond substituents is 2. The molecule has 0 spiro atoms. The Bertz CT molecular complexity index is 922. The van der Waals surface area contributed by atoms with Gasteiger partial charge in [0.2, 0.25) is 0 Å². The molecule has 0 aliphatic rings. The van der Waals surface area contributed by atoms with Crippen molar-refractivity contribution in [2.45, 2.75) is 5.92 Å². The molecule has 7 heteroatoms. The van der Waals surface area contributed by atoms with E-state index in [1.54, 1.807) is 36.4 Å². The number of hydrogen-bond donors (Lipinski definition) is 2. The number of nitrogens with zero attached hydrogens (tertiary/aromatic N) is 1. The fourth-order valence-electron chi connectivity index (χ4n) is 2.83. The number of benzene rings is 3. The number of phenols is 2. The van der Waals surface area contributed by atoms with Crippen LogP contribution in [0.25, 0.3) is 0 Å². The van der Waals surface area contributed by atoms with Gasteiger partial charge in [-0.25, -0.2) is 0 Å². The van der Waals surface area contributed by atoms with Crippen LogP contribution in [0.15, 0.2) is 60.7 Å². The molecule has 3 aromatic rings. The smallest absolute Gasteiger partial charge is 0.269 e. The van der Waals surface area contributed by atoms with E-state index < -0.39 is 10.8 Å². The highest BCUT2D eigenvalue weighted by Crippen LogP contribution is 2.42. The van der Waals surface area contributed by atoms with E-state index >= 15 is 0 Å². The molecular formula is C19H13Cl2NO4. The second kappa shape index (κ2) is 7.23. The summed E-state index contributed by atoms with van der Waals surface area (Å²) < 4.78 is 0. The summed E-state index contributed by atoms with van der Waals surface area (Å²) in [6.07, 6.45) is 0. The van der Waals surface area contributed by atoms with Crippen LogP contribution in [0.5, 0.6) is 11.5 Å². The van der Waals surface area contributed by atoms with Crippen molar-refractivity contribution in [1.29, 1.82) is 0 Å². The van der Waals surface area contributed by atoms with Gasteiger partial charge in [-0.15, -0.1) is 0 Å². The van der Waals surface area contributed by atoms with Crippen molar-refractivity contribution in [2.24, 2.45) is 0 Å². The molecule has 132 valence electrons. The molecule has 0 aliphatic carbocycles. The Morgan fingerprint density at radius 3 is 1.69 bits per heavy atom. The van der Waals surface area contributed by atoms with Crippen molar-refractivity contribution < 1.29 is 15.1 Å². The molecular weight excluding hydrogens is 377 g/mol. The van der Waals surface area contributed by atoms with E-state index in [1.807, 2.05) is 0 Å². The Hall–Kier alpha value is -2.76. The molecule has 0 unspecified atom stereocenters. The highest BCUT2D eigenvalue weighted by atomic mass is 35.5. The number of halogens is 2. The lowest BCUT2D eigenvalue weighted by Gasteiger charge is -2.21. The predicted octanol–water partition coefficient (Wildman–Crippen LogP) is 5.49. The van der Waals surface area contributed by atoms with Crippen molar-refractivity contribution in [3.8, 4) is 11.5 Å². The fourth-order valence-corrected chi connectivity index (χ4v) is 3.19. The Labute approximate surface area is 159 Å². The molecule has 0 fully saturated rings. The van der Waals surface area contributed by atoms with Gasteiger partial charge in [0.15, 0.2) is 0 Å². The quantitative estimate of drug-likeness (QED) is 0.350. The Morgan fingerprint density at radius 2 is 1.27 bits per heavy atom. The molecule has 0 amide bonds. The maximum atomic E-state index is 10.9. The number of rotatable bonds is 4. The van der Waals surface area contributed by atoms with Crippen LogP contribution in [0.3, 0.4) is 0 Å². The summed E-state index contributed by atoms with van der Waals surface area (Å²) in [6, 6.07) is 15.1. The third kappa shape index (κ3) is 3.59. The highest BCUT2D eigenvalue weighted by Gasteiger charge is 2.24. The maximum absolute atomic E-state index is 10.9. The van der Waals surface area contributed by atoms with Gasteiger partial charge < -0.3 is 10.2 Å². The van der Waals surface area contributed by atoms with Gasteiger partial charge in [-0.3, -0.25) is 10.1 Å². The van der Waals surface area contributed by atoms with E-state index in [-0.39, 0.29) is 17.2 Å². The number of nitro benzene ring substituents is 1. The normalized spacial score (nSPS) is 10.9. The van der Waals surface area contributed by atoms with Gasteiger partial charge in [0.1, 0.15) is 11.5 Å². The van der Waals surface area contributed by atoms with Crippen LogP contribution in [0.4, 0.5) is 5.69 Å². The molecule has 3 rings (SSSR count). The van der Waals surface area contributed by atoms with Gasteiger partial charge >= 0.3 is 0 Å². The molecule has 0 atom stereocenters. The SMILES string of the molecule is O=[N+]([O-])c1ccc(C(c2cc(Cl)ccc2O)c2cc(Cl)ccc2O)cc1. The van der Waals surface area contributed by atoms with E-state index in [9.17, 15) is 20.3 Å². The monoisotopic (exact) mass is 389 g/mol. The van der Waals surface area contributed by atoms with E-state index in [0.29, 0.717) is 26.7 Å². The second-order valence-electron chi connectivity index (χ2n) is 5.69. The van der Waals surface area contributed by atoms with Gasteiger partial charge in [-0.1, -0.05) is 35.3 Å². The topological polar surface area (TPSA) is 83.6 Å². The number of non-ortho nitro benzene ring substituents is 1. The fraction of sp³-hybridized carbons (Fsp3) is 0.0526. The largest absolute Gasteiger partial charge is 0.508 e. The zero-order valence-corrected chi connectivity index (χ0v) is 14.8. The van der Waals surface area contributed by atoms with Gasteiger partial charge in [0.05, 0.1) is 4.92 Å². The minimum Gasteiger partial charge on any atom is -0.508 e. The van der Waals surface area contributed by atoms with Crippen LogP contribution >= 0.6 is 23.2 Å². The Kier molecular flexibility index (Phi) is 5.02. The standard InChI is InChI=1S/C19H13Cl2NO4/c20-12-3-7-17(23)15(9-12)19(16-10-13(21)4-8-18(16)24)11-1-5-14(6-2-11)22(25)26/h1-10,19,23-24H. The summed E-state index contributed by atoms with van der Waals surface area (Å²) in [5, 5.41) is 32.4. The third-order valence-corrected chi connectivity index (χ3v) is 4.51. The molecule has 0 bridgehead atoms. The average Bonchev–Trinajstić information content (AvgIpc) is 2.61. The van der Waals surface area contributed by atoms with Crippen molar-refractivity contribution in [3.63, 3.8) is 0 Å². The first-order valence-corrected chi connectivity index (χ1v) is 8.33. The van der Waals surface area contributed by atoms with Crippen LogP contribution in [0, 0.1) is 10.1 Å². The van der Waals surface area contributed by atoms with Gasteiger partial charge in [0.25, 0.3) is 5.69 Å². The third-order valence-electron chi connectivity index (χ3n) is 4.04. The van der Waals surface area contributed by atoms with Crippen molar-refractivity contribution in [3.05, 3.63) is 97.5 Å². The van der Waals surface area contributed by atoms with Crippen molar-refractivity contribution in [1.82, 2.24) is 0 Å². The van der Waals surface area contributed by atoms with Crippen LogP contribution in [-0.4, -0.2) is 15.1 Å². The van der Waals surface area contributed by atoms with Crippen LogP contribution < -0.4 is 0 Å². The highest BCUT2D eigenvalue weighted by molar-refractivity contribution is 6.31. The second-order valence-corrected chi connectivity index (χ2v) is 6.56.